The normalized spacial score (nSPS) is 11.9. The molecule has 0 N–H and O–H groups in total. The summed E-state index contributed by atoms with van der Waals surface area (Å²) in [6.07, 6.45) is 45.8. The van der Waals surface area contributed by atoms with Crippen LogP contribution < -0.4 is 0 Å². The molecule has 0 radical (unpaired) electrons. The zero-order valence-corrected chi connectivity index (χ0v) is 27.8. The van der Waals surface area contributed by atoms with Gasteiger partial charge in [-0.15, -0.1) is 6.89 Å². The van der Waals surface area contributed by atoms with Gasteiger partial charge in [-0.2, -0.15) is 0 Å². The van der Waals surface area contributed by atoms with E-state index in [4.69, 9.17) is 0 Å². The summed E-state index contributed by atoms with van der Waals surface area (Å²) in [7, 11) is 0. The fraction of sp³-hybridized carbons (Fsp3) is 0.972. The van der Waals surface area contributed by atoms with Gasteiger partial charge in [0.05, 0.1) is 0 Å². The van der Waals surface area contributed by atoms with Crippen LogP contribution in [0.5, 0.6) is 0 Å². The van der Waals surface area contributed by atoms with Crippen molar-refractivity contribution < 1.29 is 0 Å². The molecule has 0 aromatic rings. The summed E-state index contributed by atoms with van der Waals surface area (Å²) in [5.74, 6) is 3.01. The molecule has 1 heteroatoms. The molecule has 0 aromatic carbocycles. The Balaban J connectivity index is 4.91. The van der Waals surface area contributed by atoms with Gasteiger partial charge in [0.2, 0.25) is 0 Å². The van der Waals surface area contributed by atoms with E-state index >= 15 is 0 Å². The lowest BCUT2D eigenvalue weighted by Gasteiger charge is -2.28. The second-order valence-corrected chi connectivity index (χ2v) is 16.6. The number of rotatable bonds is 31. The highest BCUT2D eigenvalue weighted by Gasteiger charge is 2.16. The third kappa shape index (κ3) is 26.3. The molecule has 0 unspecified atom stereocenters. The maximum Gasteiger partial charge on any atom is -0.0330 e. The molecule has 0 spiro atoms. The Morgan fingerprint density at radius 2 is 0.541 bits per heavy atom. The van der Waals surface area contributed by atoms with E-state index in [-0.39, 0.29) is 0 Å². The quantitative estimate of drug-likeness (QED) is 0.0608. The maximum absolute atomic E-state index is 3.01. The van der Waals surface area contributed by atoms with Gasteiger partial charge in [-0.1, -0.05) is 181 Å². The van der Waals surface area contributed by atoms with Crippen molar-refractivity contribution in [2.75, 3.05) is 18.5 Å². The van der Waals surface area contributed by atoms with E-state index in [1.807, 2.05) is 0 Å². The Morgan fingerprint density at radius 3 is 0.838 bits per heavy atom. The van der Waals surface area contributed by atoms with E-state index in [0.717, 1.165) is 0 Å². The summed E-state index contributed by atoms with van der Waals surface area (Å²) in [4.78, 5) is 0. The molecule has 0 atom stereocenters. The molecule has 0 aliphatic heterocycles. The predicted octanol–water partition coefficient (Wildman–Crippen LogP) is 13.8. The summed E-state index contributed by atoms with van der Waals surface area (Å²) in [6, 6.07) is 0. The van der Waals surface area contributed by atoms with Gasteiger partial charge in [0, 0.05) is 0 Å². The van der Waals surface area contributed by atoms with Gasteiger partial charge in [0.25, 0.3) is 0 Å². The van der Waals surface area contributed by atoms with E-state index in [2.05, 4.69) is 33.5 Å². The van der Waals surface area contributed by atoms with Gasteiger partial charge in [-0.3, -0.25) is 0 Å². The molecule has 0 fully saturated rings. The van der Waals surface area contributed by atoms with Crippen molar-refractivity contribution in [2.24, 2.45) is 0 Å². The molecule has 37 heavy (non-hydrogen) atoms. The fourth-order valence-electron chi connectivity index (χ4n) is 6.05. The first-order valence-electron chi connectivity index (χ1n) is 17.9. The third-order valence-electron chi connectivity index (χ3n) is 8.70. The van der Waals surface area contributed by atoms with Crippen LogP contribution in [0.1, 0.15) is 207 Å². The van der Waals surface area contributed by atoms with Crippen LogP contribution in [0.3, 0.4) is 0 Å². The summed E-state index contributed by atoms with van der Waals surface area (Å²) in [5.41, 5.74) is 0. The van der Waals surface area contributed by atoms with Crippen LogP contribution in [-0.2, 0) is 0 Å². The molecule has 0 aliphatic rings. The van der Waals surface area contributed by atoms with Crippen molar-refractivity contribution in [3.05, 3.63) is 0 Å². The standard InChI is InChI=1S/C36H75P/c1-5-9-13-17-21-25-29-33-37(34-30-26-22-18-14-10-6-2,35-31-27-23-19-15-11-7-3)36-32-28-24-20-16-12-8-4/h33H,5-32,34-36H2,1-4H3. The first kappa shape index (κ1) is 37.3. The Kier molecular flexibility index (Phi) is 31.1. The predicted molar refractivity (Wildman–Crippen MR) is 180 cm³/mol. The zero-order chi connectivity index (χ0) is 27.1. The van der Waals surface area contributed by atoms with Crippen LogP contribution >= 0.6 is 6.89 Å². The molecular weight excluding hydrogens is 463 g/mol. The van der Waals surface area contributed by atoms with Crippen molar-refractivity contribution in [3.63, 3.8) is 0 Å². The minimum Gasteiger partial charge on any atom is -0.109 e. The molecule has 0 bridgehead atoms. The number of hydrogen-bond donors (Lipinski definition) is 0. The van der Waals surface area contributed by atoms with Crippen LogP contribution in [0, 0.1) is 0 Å². The Hall–Kier alpha value is 0.300. The molecule has 0 amide bonds. The van der Waals surface area contributed by atoms with E-state index in [1.54, 1.807) is 18.5 Å². The second kappa shape index (κ2) is 30.8. The molecule has 0 aliphatic carbocycles. The highest BCUT2D eigenvalue weighted by molar-refractivity contribution is 7.74. The molecule has 224 valence electrons. The highest BCUT2D eigenvalue weighted by atomic mass is 31.2. The lowest BCUT2D eigenvalue weighted by molar-refractivity contribution is 0.596. The Morgan fingerprint density at radius 1 is 0.297 bits per heavy atom. The largest absolute Gasteiger partial charge is 0.109 e. The first-order chi connectivity index (χ1) is 18.2. The van der Waals surface area contributed by atoms with Crippen LogP contribution in [0.2, 0.25) is 0 Å². The topological polar surface area (TPSA) is 0 Å². The van der Waals surface area contributed by atoms with Gasteiger partial charge in [-0.25, -0.2) is 0 Å². The van der Waals surface area contributed by atoms with Gasteiger partial charge >= 0.3 is 0 Å². The van der Waals surface area contributed by atoms with E-state index in [9.17, 15) is 0 Å². The lowest BCUT2D eigenvalue weighted by atomic mass is 10.1. The highest BCUT2D eigenvalue weighted by Crippen LogP contribution is 2.50. The van der Waals surface area contributed by atoms with Crippen molar-refractivity contribution in [1.29, 1.82) is 0 Å². The summed E-state index contributed by atoms with van der Waals surface area (Å²) < 4.78 is 0. The molecule has 0 heterocycles. The minimum absolute atomic E-state index is 0.867. The first-order valence-corrected chi connectivity index (χ1v) is 20.4. The van der Waals surface area contributed by atoms with Gasteiger partial charge < -0.3 is 0 Å². The van der Waals surface area contributed by atoms with Gasteiger partial charge in [-0.05, 0) is 50.6 Å². The molecule has 0 saturated carbocycles. The number of hydrogen-bond acceptors (Lipinski definition) is 0. The van der Waals surface area contributed by atoms with Crippen molar-refractivity contribution in [2.45, 2.75) is 207 Å². The van der Waals surface area contributed by atoms with Crippen LogP contribution in [-0.4, -0.2) is 24.3 Å². The molecule has 0 saturated heterocycles. The SMILES string of the molecule is CCCCCCCCC=P(CCCCCCCCC)(CCCCCCCCC)CCCCCCCCC. The molecular formula is C36H75P. The Bertz CT molecular complexity index is 413. The summed E-state index contributed by atoms with van der Waals surface area (Å²) in [6.45, 7) is 8.49. The van der Waals surface area contributed by atoms with Crippen molar-refractivity contribution >= 4 is 12.7 Å². The third-order valence-corrected chi connectivity index (χ3v) is 13.3. The van der Waals surface area contributed by atoms with Crippen LogP contribution in [0.15, 0.2) is 0 Å². The van der Waals surface area contributed by atoms with Gasteiger partial charge in [0.1, 0.15) is 0 Å². The second-order valence-electron chi connectivity index (χ2n) is 12.5. The van der Waals surface area contributed by atoms with E-state index in [0.29, 0.717) is 0 Å². The minimum atomic E-state index is -0.867. The number of unbranched alkanes of at least 4 members (excludes halogenated alkanes) is 24. The smallest absolute Gasteiger partial charge is 0.0330 e. The van der Waals surface area contributed by atoms with Crippen LogP contribution in [0.4, 0.5) is 0 Å². The van der Waals surface area contributed by atoms with E-state index < -0.39 is 6.89 Å². The van der Waals surface area contributed by atoms with Crippen molar-refractivity contribution in [3.8, 4) is 0 Å². The van der Waals surface area contributed by atoms with Gasteiger partial charge in [0.15, 0.2) is 0 Å². The lowest BCUT2D eigenvalue weighted by Crippen LogP contribution is -2.05. The Labute approximate surface area is 238 Å². The van der Waals surface area contributed by atoms with Crippen molar-refractivity contribution in [1.82, 2.24) is 0 Å². The molecule has 0 rings (SSSR count). The maximum atomic E-state index is 3.01. The average molecular weight is 539 g/mol. The average Bonchev–Trinajstić information content (AvgIpc) is 2.91. The van der Waals surface area contributed by atoms with E-state index in [1.165, 1.54) is 180 Å². The summed E-state index contributed by atoms with van der Waals surface area (Å²) in [5, 5.41) is 0. The van der Waals surface area contributed by atoms with Crippen LogP contribution in [0.25, 0.3) is 0 Å². The fourth-order valence-corrected chi connectivity index (χ4v) is 10.6. The monoisotopic (exact) mass is 539 g/mol. The molecule has 0 nitrogen and oxygen atoms in total. The summed E-state index contributed by atoms with van der Waals surface area (Å²) >= 11 is 0. The molecule has 0 aromatic heterocycles. The zero-order valence-electron chi connectivity index (χ0n) is 26.9.